The van der Waals surface area contributed by atoms with Gasteiger partial charge in [0, 0.05) is 12.4 Å². The van der Waals surface area contributed by atoms with Crippen LogP contribution in [0.25, 0.3) is 0 Å². The summed E-state index contributed by atoms with van der Waals surface area (Å²) in [6, 6.07) is 0. The highest BCUT2D eigenvalue weighted by Gasteiger charge is 2.05. The molecule has 84 valence electrons. The van der Waals surface area contributed by atoms with Crippen molar-refractivity contribution >= 4 is 23.1 Å². The SMILES string of the molecule is Cc1nnc(Sc2ncc(CCN)cn2)s1. The van der Waals surface area contributed by atoms with Crippen molar-refractivity contribution < 1.29 is 0 Å². The standard InChI is InChI=1S/C9H11N5S2/c1-6-13-14-9(15-6)16-8-11-4-7(2-3-10)5-12-8/h4-5H,2-3,10H2,1H3. The number of aromatic nitrogens is 4. The van der Waals surface area contributed by atoms with Crippen LogP contribution in [-0.4, -0.2) is 26.7 Å². The lowest BCUT2D eigenvalue weighted by atomic mass is 10.2. The van der Waals surface area contributed by atoms with E-state index in [4.69, 9.17) is 5.73 Å². The summed E-state index contributed by atoms with van der Waals surface area (Å²) in [6.45, 7) is 2.54. The van der Waals surface area contributed by atoms with Crippen LogP contribution in [0.3, 0.4) is 0 Å². The zero-order valence-electron chi connectivity index (χ0n) is 8.75. The summed E-state index contributed by atoms with van der Waals surface area (Å²) in [5, 5.41) is 9.57. The number of hydrogen-bond acceptors (Lipinski definition) is 7. The van der Waals surface area contributed by atoms with E-state index in [0.29, 0.717) is 11.7 Å². The molecule has 0 spiro atoms. The Bertz CT molecular complexity index is 453. The Kier molecular flexibility index (Phi) is 3.81. The molecule has 0 amide bonds. The molecule has 2 aromatic rings. The molecule has 5 nitrogen and oxygen atoms in total. The van der Waals surface area contributed by atoms with Crippen LogP contribution in [0.4, 0.5) is 0 Å². The molecule has 0 aliphatic heterocycles. The summed E-state index contributed by atoms with van der Waals surface area (Å²) < 4.78 is 0.865. The first kappa shape index (κ1) is 11.4. The fraction of sp³-hybridized carbons (Fsp3) is 0.333. The second-order valence-electron chi connectivity index (χ2n) is 3.10. The fourth-order valence-corrected chi connectivity index (χ4v) is 2.71. The van der Waals surface area contributed by atoms with E-state index in [9.17, 15) is 0 Å². The second kappa shape index (κ2) is 5.33. The monoisotopic (exact) mass is 253 g/mol. The van der Waals surface area contributed by atoms with Gasteiger partial charge in [0.25, 0.3) is 0 Å². The summed E-state index contributed by atoms with van der Waals surface area (Å²) >= 11 is 2.96. The lowest BCUT2D eigenvalue weighted by Crippen LogP contribution is -2.03. The Morgan fingerprint density at radius 3 is 2.62 bits per heavy atom. The van der Waals surface area contributed by atoms with Gasteiger partial charge < -0.3 is 5.73 Å². The number of nitrogens with zero attached hydrogens (tertiary/aromatic N) is 4. The maximum absolute atomic E-state index is 5.45. The van der Waals surface area contributed by atoms with Gasteiger partial charge in [-0.3, -0.25) is 0 Å². The molecule has 0 unspecified atom stereocenters. The lowest BCUT2D eigenvalue weighted by Gasteiger charge is -1.98. The second-order valence-corrected chi connectivity index (χ2v) is 5.50. The van der Waals surface area contributed by atoms with E-state index < -0.39 is 0 Å². The van der Waals surface area contributed by atoms with Crippen molar-refractivity contribution in [3.05, 3.63) is 23.0 Å². The van der Waals surface area contributed by atoms with Crippen molar-refractivity contribution in [1.29, 1.82) is 0 Å². The molecule has 16 heavy (non-hydrogen) atoms. The summed E-state index contributed by atoms with van der Waals surface area (Å²) in [6.07, 6.45) is 4.41. The first-order chi connectivity index (χ1) is 7.78. The van der Waals surface area contributed by atoms with Crippen LogP contribution in [0.15, 0.2) is 21.9 Å². The van der Waals surface area contributed by atoms with Gasteiger partial charge in [0.1, 0.15) is 5.01 Å². The van der Waals surface area contributed by atoms with Crippen molar-refractivity contribution in [3.63, 3.8) is 0 Å². The van der Waals surface area contributed by atoms with E-state index in [1.807, 2.05) is 6.92 Å². The van der Waals surface area contributed by atoms with Crippen LogP contribution >= 0.6 is 23.1 Å². The third-order valence-electron chi connectivity index (χ3n) is 1.80. The van der Waals surface area contributed by atoms with Crippen molar-refractivity contribution in [2.45, 2.75) is 22.8 Å². The highest BCUT2D eigenvalue weighted by Crippen LogP contribution is 2.26. The number of nitrogens with two attached hydrogens (primary N) is 1. The van der Waals surface area contributed by atoms with E-state index in [2.05, 4.69) is 20.2 Å². The number of aryl methyl sites for hydroxylation is 1. The summed E-state index contributed by atoms with van der Waals surface area (Å²) in [7, 11) is 0. The Hall–Kier alpha value is -1.05. The van der Waals surface area contributed by atoms with Gasteiger partial charge in [-0.2, -0.15) is 0 Å². The van der Waals surface area contributed by atoms with Crippen molar-refractivity contribution in [3.8, 4) is 0 Å². The third kappa shape index (κ3) is 2.97. The topological polar surface area (TPSA) is 77.6 Å². The van der Waals surface area contributed by atoms with Crippen molar-refractivity contribution in [2.75, 3.05) is 6.54 Å². The van der Waals surface area contributed by atoms with Crippen LogP contribution < -0.4 is 5.73 Å². The molecular weight excluding hydrogens is 242 g/mol. The Morgan fingerprint density at radius 1 is 1.31 bits per heavy atom. The van der Waals surface area contributed by atoms with Crippen LogP contribution in [0.1, 0.15) is 10.6 Å². The van der Waals surface area contributed by atoms with Crippen LogP contribution in [0.2, 0.25) is 0 Å². The molecule has 0 aliphatic rings. The highest BCUT2D eigenvalue weighted by molar-refractivity contribution is 8.00. The molecule has 0 saturated carbocycles. The summed E-state index contributed by atoms with van der Waals surface area (Å²) in [5.41, 5.74) is 6.50. The zero-order chi connectivity index (χ0) is 11.4. The largest absolute Gasteiger partial charge is 0.330 e. The molecule has 2 rings (SSSR count). The average molecular weight is 253 g/mol. The minimum atomic E-state index is 0.617. The van der Waals surface area contributed by atoms with Crippen LogP contribution in [0.5, 0.6) is 0 Å². The molecule has 2 aromatic heterocycles. The minimum absolute atomic E-state index is 0.617. The smallest absolute Gasteiger partial charge is 0.194 e. The van der Waals surface area contributed by atoms with E-state index in [1.165, 1.54) is 23.1 Å². The van der Waals surface area contributed by atoms with Gasteiger partial charge in [-0.05, 0) is 37.2 Å². The first-order valence-electron chi connectivity index (χ1n) is 4.77. The van der Waals surface area contributed by atoms with Gasteiger partial charge in [0.15, 0.2) is 9.50 Å². The van der Waals surface area contributed by atoms with E-state index in [0.717, 1.165) is 21.3 Å². The van der Waals surface area contributed by atoms with Gasteiger partial charge in [-0.25, -0.2) is 9.97 Å². The van der Waals surface area contributed by atoms with E-state index in [1.54, 1.807) is 12.4 Å². The maximum atomic E-state index is 5.45. The number of rotatable bonds is 4. The van der Waals surface area contributed by atoms with Crippen LogP contribution in [0, 0.1) is 6.92 Å². The van der Waals surface area contributed by atoms with Gasteiger partial charge in [0.05, 0.1) is 0 Å². The number of hydrogen-bond donors (Lipinski definition) is 1. The average Bonchev–Trinajstić information content (AvgIpc) is 2.67. The normalized spacial score (nSPS) is 10.6. The molecule has 0 aliphatic carbocycles. The zero-order valence-corrected chi connectivity index (χ0v) is 10.4. The van der Waals surface area contributed by atoms with Gasteiger partial charge in [0.2, 0.25) is 0 Å². The molecule has 0 radical (unpaired) electrons. The Balaban J connectivity index is 2.05. The quantitative estimate of drug-likeness (QED) is 0.827. The third-order valence-corrected chi connectivity index (χ3v) is 3.58. The molecule has 0 saturated heterocycles. The Morgan fingerprint density at radius 2 is 2.06 bits per heavy atom. The maximum Gasteiger partial charge on any atom is 0.194 e. The van der Waals surface area contributed by atoms with Crippen molar-refractivity contribution in [1.82, 2.24) is 20.2 Å². The molecule has 0 atom stereocenters. The van der Waals surface area contributed by atoms with Crippen LogP contribution in [-0.2, 0) is 6.42 Å². The molecule has 2 heterocycles. The van der Waals surface area contributed by atoms with Gasteiger partial charge in [-0.15, -0.1) is 10.2 Å². The predicted molar refractivity (Wildman–Crippen MR) is 63.6 cm³/mol. The molecular formula is C9H11N5S2. The molecule has 2 N–H and O–H groups in total. The summed E-state index contributed by atoms with van der Waals surface area (Å²) in [4.78, 5) is 8.47. The molecule has 0 aromatic carbocycles. The van der Waals surface area contributed by atoms with Gasteiger partial charge in [-0.1, -0.05) is 11.3 Å². The Labute approximate surface area is 102 Å². The molecule has 0 fully saturated rings. The highest BCUT2D eigenvalue weighted by atomic mass is 32.2. The van der Waals surface area contributed by atoms with E-state index in [-0.39, 0.29) is 0 Å². The summed E-state index contributed by atoms with van der Waals surface area (Å²) in [5.74, 6) is 0. The molecule has 0 bridgehead atoms. The minimum Gasteiger partial charge on any atom is -0.330 e. The fourth-order valence-electron chi connectivity index (χ4n) is 1.09. The van der Waals surface area contributed by atoms with E-state index >= 15 is 0 Å². The molecule has 7 heteroatoms. The van der Waals surface area contributed by atoms with Gasteiger partial charge >= 0.3 is 0 Å². The predicted octanol–water partition coefficient (Wildman–Crippen LogP) is 1.29. The lowest BCUT2D eigenvalue weighted by molar-refractivity contribution is 0.888. The van der Waals surface area contributed by atoms with Crippen molar-refractivity contribution in [2.24, 2.45) is 5.73 Å². The first-order valence-corrected chi connectivity index (χ1v) is 6.40.